The van der Waals surface area contributed by atoms with Crippen molar-refractivity contribution >= 4 is 45.2 Å². The van der Waals surface area contributed by atoms with Crippen molar-refractivity contribution in [3.8, 4) is 11.3 Å². The number of alkyl halides is 3. The van der Waals surface area contributed by atoms with Gasteiger partial charge in [-0.3, -0.25) is 29.1 Å². The average molecular weight is 657 g/mol. The van der Waals surface area contributed by atoms with Gasteiger partial charge in [-0.15, -0.1) is 11.3 Å². The molecule has 3 aliphatic rings. The Balaban J connectivity index is 1.34. The van der Waals surface area contributed by atoms with Gasteiger partial charge in [0.2, 0.25) is 17.7 Å². The molecule has 5 heterocycles. The summed E-state index contributed by atoms with van der Waals surface area (Å²) >= 11 is 1.20. The van der Waals surface area contributed by atoms with E-state index in [1.54, 1.807) is 6.07 Å². The highest BCUT2D eigenvalue weighted by Crippen LogP contribution is 2.63. The number of imide groups is 1. The van der Waals surface area contributed by atoms with E-state index in [4.69, 9.17) is 5.73 Å². The monoisotopic (exact) mass is 656 g/mol. The molecule has 0 aromatic carbocycles. The number of amides is 4. The summed E-state index contributed by atoms with van der Waals surface area (Å²) in [6, 6.07) is 3.03. The Morgan fingerprint density at radius 2 is 1.85 bits per heavy atom. The lowest BCUT2D eigenvalue weighted by atomic mass is 9.99. The van der Waals surface area contributed by atoms with Crippen LogP contribution in [0.2, 0.25) is 0 Å². The number of hydrogen-bond donors (Lipinski definition) is 2. The fourth-order valence-corrected chi connectivity index (χ4v) is 7.79. The first-order valence-corrected chi connectivity index (χ1v) is 16.0. The summed E-state index contributed by atoms with van der Waals surface area (Å²) in [4.78, 5) is 64.2. The third-order valence-corrected chi connectivity index (χ3v) is 10.6. The number of likely N-dealkylation sites (tertiary alicyclic amines) is 2. The van der Waals surface area contributed by atoms with Crippen molar-refractivity contribution in [2.24, 2.45) is 28.9 Å². The minimum atomic E-state index is -4.77. The summed E-state index contributed by atoms with van der Waals surface area (Å²) in [5, 5.41) is 2.88. The molecule has 1 aliphatic carbocycles. The second-order valence-electron chi connectivity index (χ2n) is 13.4. The highest BCUT2D eigenvalue weighted by molar-refractivity contribution is 7.19. The number of thiophene rings is 1. The van der Waals surface area contributed by atoms with Gasteiger partial charge >= 0.3 is 6.18 Å². The van der Waals surface area contributed by atoms with E-state index in [-0.39, 0.29) is 89.0 Å². The maximum absolute atomic E-state index is 14.0. The highest BCUT2D eigenvalue weighted by Gasteiger charge is 2.72. The molecule has 3 unspecified atom stereocenters. The molecule has 3 N–H and O–H groups in total. The number of piperidine rings is 1. The van der Waals surface area contributed by atoms with Crippen LogP contribution in [0.1, 0.15) is 60.6 Å². The zero-order valence-electron chi connectivity index (χ0n) is 26.1. The Morgan fingerprint density at radius 3 is 2.48 bits per heavy atom. The van der Waals surface area contributed by atoms with E-state index in [2.05, 4.69) is 15.3 Å². The van der Waals surface area contributed by atoms with Gasteiger partial charge < -0.3 is 16.0 Å². The number of halogens is 3. The van der Waals surface area contributed by atoms with Gasteiger partial charge in [-0.25, -0.2) is 4.98 Å². The van der Waals surface area contributed by atoms with Crippen molar-refractivity contribution in [1.29, 1.82) is 0 Å². The molecule has 2 saturated heterocycles. The molecule has 3 fully saturated rings. The van der Waals surface area contributed by atoms with Gasteiger partial charge in [0.1, 0.15) is 5.69 Å². The van der Waals surface area contributed by atoms with Crippen LogP contribution in [0.15, 0.2) is 24.4 Å². The van der Waals surface area contributed by atoms with Crippen LogP contribution in [0.3, 0.4) is 0 Å². The number of aryl methyl sites for hydroxylation is 1. The normalized spacial score (nSPS) is 23.0. The number of carbonyl (C=O) groups excluding carboxylic acids is 4. The van der Waals surface area contributed by atoms with Gasteiger partial charge in [-0.1, -0.05) is 27.7 Å². The minimum absolute atomic E-state index is 0.0218. The number of hydrogen-bond acceptors (Lipinski definition) is 8. The van der Waals surface area contributed by atoms with E-state index < -0.39 is 23.8 Å². The second-order valence-corrected chi connectivity index (χ2v) is 14.5. The van der Waals surface area contributed by atoms with Crippen LogP contribution in [0.4, 0.5) is 13.2 Å². The summed E-state index contributed by atoms with van der Waals surface area (Å²) in [7, 11) is 0. The lowest BCUT2D eigenvalue weighted by molar-refractivity contribution is -0.144. The number of pyridine rings is 2. The standard InChI is InChI=1S/C32H35F3N6O4S/c1-14(2)24(36)27(42)38-16-7-9-40(12-16)28(43)21-15(3)10-20(32(33,34)35)39-25(21)18-6-8-37-19-11-17(46-26(18)19)13-41-29(44)22-23(30(41)45)31(22,4)5/h6,8,10-11,14,16,22-24H,7,9,12-13,36H2,1-5H3,(H,38,42)/t16?,22?,23?,24-/m0/s1. The van der Waals surface area contributed by atoms with Crippen LogP contribution in [0.25, 0.3) is 21.5 Å². The molecule has 0 spiro atoms. The van der Waals surface area contributed by atoms with E-state index >= 15 is 0 Å². The van der Waals surface area contributed by atoms with Crippen molar-refractivity contribution in [3.05, 3.63) is 46.1 Å². The summed E-state index contributed by atoms with van der Waals surface area (Å²) in [6.07, 6.45) is -2.87. The number of rotatable bonds is 7. The van der Waals surface area contributed by atoms with E-state index in [1.165, 1.54) is 40.3 Å². The Labute approximate surface area is 267 Å². The van der Waals surface area contributed by atoms with Gasteiger partial charge in [0.05, 0.1) is 45.9 Å². The molecule has 4 amide bonds. The Morgan fingerprint density at radius 1 is 1.17 bits per heavy atom. The number of nitrogens with one attached hydrogen (secondary N) is 1. The predicted molar refractivity (Wildman–Crippen MR) is 164 cm³/mol. The molecular weight excluding hydrogens is 621 g/mol. The van der Waals surface area contributed by atoms with Crippen LogP contribution >= 0.6 is 11.3 Å². The average Bonchev–Trinajstić information content (AvgIpc) is 3.38. The van der Waals surface area contributed by atoms with Gasteiger partial charge in [0, 0.05) is 35.8 Å². The summed E-state index contributed by atoms with van der Waals surface area (Å²) < 4.78 is 42.5. The smallest absolute Gasteiger partial charge is 0.350 e. The van der Waals surface area contributed by atoms with E-state index in [0.29, 0.717) is 21.5 Å². The number of nitrogens with two attached hydrogens (primary N) is 1. The number of nitrogens with zero attached hydrogens (tertiary/aromatic N) is 4. The molecule has 6 rings (SSSR count). The van der Waals surface area contributed by atoms with Crippen molar-refractivity contribution < 1.29 is 32.3 Å². The third-order valence-electron chi connectivity index (χ3n) is 9.49. The van der Waals surface area contributed by atoms with Gasteiger partial charge in [-0.2, -0.15) is 13.2 Å². The maximum atomic E-state index is 14.0. The molecule has 3 aromatic rings. The van der Waals surface area contributed by atoms with Crippen LogP contribution in [0.5, 0.6) is 0 Å². The summed E-state index contributed by atoms with van der Waals surface area (Å²) in [6.45, 7) is 9.38. The van der Waals surface area contributed by atoms with Crippen molar-refractivity contribution in [3.63, 3.8) is 0 Å². The third kappa shape index (κ3) is 5.34. The fraction of sp³-hybridized carbons (Fsp3) is 0.500. The Kier molecular flexibility index (Phi) is 7.74. The second kappa shape index (κ2) is 11.1. The molecule has 244 valence electrons. The Hall–Kier alpha value is -3.91. The number of fused-ring (bicyclic) bond motifs is 2. The van der Waals surface area contributed by atoms with Crippen LogP contribution < -0.4 is 11.1 Å². The molecule has 10 nitrogen and oxygen atoms in total. The summed E-state index contributed by atoms with van der Waals surface area (Å²) in [5.41, 5.74) is 5.21. The minimum Gasteiger partial charge on any atom is -0.350 e. The lowest BCUT2D eigenvalue weighted by Gasteiger charge is -2.22. The lowest BCUT2D eigenvalue weighted by Crippen LogP contribution is -2.48. The molecule has 4 atom stereocenters. The molecule has 46 heavy (non-hydrogen) atoms. The molecule has 0 bridgehead atoms. The van der Waals surface area contributed by atoms with Crippen molar-refractivity contribution in [2.75, 3.05) is 13.1 Å². The van der Waals surface area contributed by atoms with Crippen LogP contribution in [-0.2, 0) is 27.1 Å². The first-order chi connectivity index (χ1) is 21.5. The van der Waals surface area contributed by atoms with E-state index in [0.717, 1.165) is 6.07 Å². The number of aromatic nitrogens is 2. The van der Waals surface area contributed by atoms with Crippen molar-refractivity contribution in [1.82, 2.24) is 25.1 Å². The summed E-state index contributed by atoms with van der Waals surface area (Å²) in [5.74, 6) is -2.02. The zero-order valence-corrected chi connectivity index (χ0v) is 26.9. The van der Waals surface area contributed by atoms with Gasteiger partial charge in [0.25, 0.3) is 5.91 Å². The first-order valence-electron chi connectivity index (χ1n) is 15.2. The van der Waals surface area contributed by atoms with Crippen LogP contribution in [-0.4, -0.2) is 68.6 Å². The Bertz CT molecular complexity index is 1760. The van der Waals surface area contributed by atoms with Gasteiger partial charge in [-0.05, 0) is 48.4 Å². The molecule has 0 radical (unpaired) electrons. The fourth-order valence-electron chi connectivity index (χ4n) is 6.67. The molecule has 14 heteroatoms. The largest absolute Gasteiger partial charge is 0.433 e. The zero-order chi connectivity index (χ0) is 33.5. The van der Waals surface area contributed by atoms with E-state index in [9.17, 15) is 32.3 Å². The topological polar surface area (TPSA) is 139 Å². The van der Waals surface area contributed by atoms with Crippen molar-refractivity contribution in [2.45, 2.75) is 65.8 Å². The quantitative estimate of drug-likeness (QED) is 0.365. The maximum Gasteiger partial charge on any atom is 0.433 e. The highest BCUT2D eigenvalue weighted by atomic mass is 32.1. The first kappa shape index (κ1) is 32.0. The predicted octanol–water partition coefficient (Wildman–Crippen LogP) is 4.14. The van der Waals surface area contributed by atoms with Crippen LogP contribution in [0, 0.1) is 30.1 Å². The SMILES string of the molecule is Cc1cc(C(F)(F)F)nc(-c2ccnc3cc(CN4C(=O)C5C(C4=O)C5(C)C)sc23)c1C(=O)N1CCC(NC(=O)[C@@H](N)C(C)C)C1. The molecule has 2 aliphatic heterocycles. The molecule has 1 saturated carbocycles. The van der Waals surface area contributed by atoms with Gasteiger partial charge in [0.15, 0.2) is 0 Å². The van der Waals surface area contributed by atoms with E-state index in [1.807, 2.05) is 27.7 Å². The molecule has 3 aromatic heterocycles. The number of carbonyl (C=O) groups is 4. The molecular formula is C32H35F3N6O4S.